The molecule has 27 heavy (non-hydrogen) atoms. The SMILES string of the molecule is C#CCOc1ccc(CCNC(=O)NCCCc2cccc(OC)c2)cc1. The molecule has 0 aliphatic heterocycles. The van der Waals surface area contributed by atoms with Gasteiger partial charge in [0.1, 0.15) is 18.1 Å². The second kappa shape index (κ2) is 11.5. The lowest BCUT2D eigenvalue weighted by atomic mass is 10.1. The van der Waals surface area contributed by atoms with Crippen LogP contribution in [0.2, 0.25) is 0 Å². The van der Waals surface area contributed by atoms with Crippen molar-refractivity contribution in [3.05, 3.63) is 59.7 Å². The zero-order valence-electron chi connectivity index (χ0n) is 15.7. The molecule has 0 aliphatic rings. The molecule has 2 rings (SSSR count). The van der Waals surface area contributed by atoms with E-state index < -0.39 is 0 Å². The van der Waals surface area contributed by atoms with Gasteiger partial charge in [0, 0.05) is 13.1 Å². The van der Waals surface area contributed by atoms with Crippen LogP contribution in [0.3, 0.4) is 0 Å². The van der Waals surface area contributed by atoms with Crippen LogP contribution in [0.15, 0.2) is 48.5 Å². The van der Waals surface area contributed by atoms with E-state index in [1.54, 1.807) is 7.11 Å². The fraction of sp³-hybridized carbons (Fsp3) is 0.318. The van der Waals surface area contributed by atoms with E-state index in [-0.39, 0.29) is 12.6 Å². The molecule has 0 spiro atoms. The summed E-state index contributed by atoms with van der Waals surface area (Å²) in [5.41, 5.74) is 2.33. The first kappa shape index (κ1) is 20.2. The quantitative estimate of drug-likeness (QED) is 0.502. The predicted molar refractivity (Wildman–Crippen MR) is 107 cm³/mol. The van der Waals surface area contributed by atoms with Gasteiger partial charge in [-0.1, -0.05) is 30.2 Å². The normalized spacial score (nSPS) is 9.93. The number of ether oxygens (including phenoxy) is 2. The molecule has 0 unspecified atom stereocenters. The molecule has 142 valence electrons. The van der Waals surface area contributed by atoms with Crippen LogP contribution in [-0.2, 0) is 12.8 Å². The fourth-order valence-electron chi connectivity index (χ4n) is 2.58. The highest BCUT2D eigenvalue weighted by Crippen LogP contribution is 2.14. The Morgan fingerprint density at radius 3 is 2.52 bits per heavy atom. The van der Waals surface area contributed by atoms with Crippen LogP contribution in [0, 0.1) is 12.3 Å². The maximum absolute atomic E-state index is 11.8. The standard InChI is InChI=1S/C22H26N2O3/c1-3-16-27-20-11-9-18(10-12-20)13-15-24-22(25)23-14-5-7-19-6-4-8-21(17-19)26-2/h1,4,6,8-12,17H,5,7,13-16H2,2H3,(H2,23,24,25). The smallest absolute Gasteiger partial charge is 0.314 e. The number of benzene rings is 2. The number of hydrogen-bond acceptors (Lipinski definition) is 3. The number of amides is 2. The Morgan fingerprint density at radius 1 is 1.00 bits per heavy atom. The summed E-state index contributed by atoms with van der Waals surface area (Å²) in [5, 5.41) is 5.75. The van der Waals surface area contributed by atoms with Gasteiger partial charge < -0.3 is 20.1 Å². The molecule has 2 amide bonds. The van der Waals surface area contributed by atoms with Gasteiger partial charge in [0.2, 0.25) is 0 Å². The number of rotatable bonds is 10. The lowest BCUT2D eigenvalue weighted by Gasteiger charge is -2.09. The summed E-state index contributed by atoms with van der Waals surface area (Å²) < 4.78 is 10.5. The average molecular weight is 366 g/mol. The number of urea groups is 1. The van der Waals surface area contributed by atoms with Crippen molar-refractivity contribution in [3.63, 3.8) is 0 Å². The Labute approximate surface area is 161 Å². The number of aryl methyl sites for hydroxylation is 1. The first-order valence-corrected chi connectivity index (χ1v) is 9.01. The van der Waals surface area contributed by atoms with Gasteiger partial charge in [-0.2, -0.15) is 0 Å². The van der Waals surface area contributed by atoms with E-state index in [0.29, 0.717) is 13.1 Å². The molecule has 0 saturated heterocycles. The van der Waals surface area contributed by atoms with Crippen molar-refractivity contribution < 1.29 is 14.3 Å². The number of hydrogen-bond donors (Lipinski definition) is 2. The van der Waals surface area contributed by atoms with Gasteiger partial charge in [0.05, 0.1) is 7.11 Å². The summed E-state index contributed by atoms with van der Waals surface area (Å²) in [6, 6.07) is 15.5. The molecule has 0 fully saturated rings. The van der Waals surface area contributed by atoms with Gasteiger partial charge in [-0.05, 0) is 54.7 Å². The maximum atomic E-state index is 11.8. The first-order chi connectivity index (χ1) is 13.2. The maximum Gasteiger partial charge on any atom is 0.314 e. The summed E-state index contributed by atoms with van der Waals surface area (Å²) in [6.07, 6.45) is 7.68. The van der Waals surface area contributed by atoms with Crippen molar-refractivity contribution in [1.29, 1.82) is 0 Å². The second-order valence-electron chi connectivity index (χ2n) is 6.02. The van der Waals surface area contributed by atoms with Gasteiger partial charge in [-0.3, -0.25) is 0 Å². The minimum Gasteiger partial charge on any atom is -0.497 e. The molecule has 0 aliphatic carbocycles. The molecule has 2 aromatic carbocycles. The summed E-state index contributed by atoms with van der Waals surface area (Å²) in [6.45, 7) is 1.47. The number of terminal acetylenes is 1. The van der Waals surface area contributed by atoms with E-state index in [1.165, 1.54) is 5.56 Å². The van der Waals surface area contributed by atoms with Crippen LogP contribution < -0.4 is 20.1 Å². The summed E-state index contributed by atoms with van der Waals surface area (Å²) >= 11 is 0. The van der Waals surface area contributed by atoms with E-state index >= 15 is 0 Å². The van der Waals surface area contributed by atoms with Gasteiger partial charge in [-0.25, -0.2) is 4.79 Å². The lowest BCUT2D eigenvalue weighted by Crippen LogP contribution is -2.37. The van der Waals surface area contributed by atoms with E-state index in [0.717, 1.165) is 36.3 Å². The molecule has 0 atom stereocenters. The van der Waals surface area contributed by atoms with Crippen LogP contribution >= 0.6 is 0 Å². The highest BCUT2D eigenvalue weighted by atomic mass is 16.5. The van der Waals surface area contributed by atoms with Crippen molar-refractivity contribution >= 4 is 6.03 Å². The zero-order chi connectivity index (χ0) is 19.3. The summed E-state index contributed by atoms with van der Waals surface area (Å²) in [4.78, 5) is 11.8. The van der Waals surface area contributed by atoms with Crippen LogP contribution in [-0.4, -0.2) is 32.8 Å². The number of nitrogens with one attached hydrogen (secondary N) is 2. The number of carbonyl (C=O) groups excluding carboxylic acids is 1. The lowest BCUT2D eigenvalue weighted by molar-refractivity contribution is 0.241. The molecule has 0 radical (unpaired) electrons. The second-order valence-corrected chi connectivity index (χ2v) is 6.02. The highest BCUT2D eigenvalue weighted by molar-refractivity contribution is 5.73. The van der Waals surface area contributed by atoms with E-state index in [4.69, 9.17) is 15.9 Å². The molecule has 2 aromatic rings. The highest BCUT2D eigenvalue weighted by Gasteiger charge is 2.01. The third-order valence-corrected chi connectivity index (χ3v) is 4.01. The molecule has 2 N–H and O–H groups in total. The molecule has 0 saturated carbocycles. The first-order valence-electron chi connectivity index (χ1n) is 9.01. The Kier molecular flexibility index (Phi) is 8.58. The molecular formula is C22H26N2O3. The van der Waals surface area contributed by atoms with Crippen molar-refractivity contribution in [2.24, 2.45) is 0 Å². The topological polar surface area (TPSA) is 59.6 Å². The number of carbonyl (C=O) groups is 1. The monoisotopic (exact) mass is 366 g/mol. The van der Waals surface area contributed by atoms with Gasteiger partial charge in [0.15, 0.2) is 0 Å². The Balaban J connectivity index is 1.58. The number of methoxy groups -OCH3 is 1. The minimum absolute atomic E-state index is 0.144. The van der Waals surface area contributed by atoms with E-state index in [9.17, 15) is 4.79 Å². The molecule has 0 bridgehead atoms. The van der Waals surface area contributed by atoms with Crippen LogP contribution in [0.25, 0.3) is 0 Å². The van der Waals surface area contributed by atoms with Gasteiger partial charge >= 0.3 is 6.03 Å². The van der Waals surface area contributed by atoms with Crippen LogP contribution in [0.5, 0.6) is 11.5 Å². The van der Waals surface area contributed by atoms with Crippen molar-refractivity contribution in [2.45, 2.75) is 19.3 Å². The zero-order valence-corrected chi connectivity index (χ0v) is 15.7. The summed E-state index contributed by atoms with van der Waals surface area (Å²) in [7, 11) is 1.66. The summed E-state index contributed by atoms with van der Waals surface area (Å²) in [5.74, 6) is 4.03. The van der Waals surface area contributed by atoms with Crippen molar-refractivity contribution in [3.8, 4) is 23.8 Å². The van der Waals surface area contributed by atoms with Gasteiger partial charge in [0.25, 0.3) is 0 Å². The van der Waals surface area contributed by atoms with E-state index in [2.05, 4.69) is 22.6 Å². The van der Waals surface area contributed by atoms with E-state index in [1.807, 2.05) is 42.5 Å². The minimum atomic E-state index is -0.144. The van der Waals surface area contributed by atoms with Gasteiger partial charge in [-0.15, -0.1) is 6.42 Å². The fourth-order valence-corrected chi connectivity index (χ4v) is 2.58. The van der Waals surface area contributed by atoms with Crippen molar-refractivity contribution in [2.75, 3.05) is 26.8 Å². The Bertz CT molecular complexity index is 751. The molecule has 0 heterocycles. The third-order valence-electron chi connectivity index (χ3n) is 4.01. The molecule has 5 nitrogen and oxygen atoms in total. The Morgan fingerprint density at radius 2 is 1.78 bits per heavy atom. The third kappa shape index (κ3) is 7.74. The van der Waals surface area contributed by atoms with Crippen molar-refractivity contribution in [1.82, 2.24) is 10.6 Å². The predicted octanol–water partition coefficient (Wildman–Crippen LogP) is 3.18. The van der Waals surface area contributed by atoms with Crippen LogP contribution in [0.4, 0.5) is 4.79 Å². The molecule has 5 heteroatoms. The Hall–Kier alpha value is -3.13. The van der Waals surface area contributed by atoms with Crippen LogP contribution in [0.1, 0.15) is 17.5 Å². The molecule has 0 aromatic heterocycles. The molecular weight excluding hydrogens is 340 g/mol. The average Bonchev–Trinajstić information content (AvgIpc) is 2.71. The largest absolute Gasteiger partial charge is 0.497 e.